The van der Waals surface area contributed by atoms with Gasteiger partial charge in [0, 0.05) is 17.2 Å². The smallest absolute Gasteiger partial charge is 0.262 e. The lowest BCUT2D eigenvalue weighted by Gasteiger charge is -2.09. The number of benzene rings is 1. The van der Waals surface area contributed by atoms with Crippen molar-refractivity contribution in [1.29, 1.82) is 0 Å². The molecule has 0 saturated heterocycles. The molecule has 0 aliphatic rings. The summed E-state index contributed by atoms with van der Waals surface area (Å²) in [5, 5.41) is 8.00. The third-order valence-corrected chi connectivity index (χ3v) is 4.48. The standard InChI is InChI=1S/C18H19BrN4O2/c1-10-5-6-14(13(19)7-10)21-15(24)9-25-18-16-11(2)8-12(3)20-17(16)23(4)22-18/h5-8H,9H2,1-4H3,(H,21,24). The predicted octanol–water partition coefficient (Wildman–Crippen LogP) is 3.67. The molecule has 7 heteroatoms. The molecule has 1 N–H and O–H groups in total. The van der Waals surface area contributed by atoms with Crippen LogP contribution in [0.25, 0.3) is 11.0 Å². The molecule has 0 radical (unpaired) electrons. The number of anilines is 1. The Morgan fingerprint density at radius 2 is 2.04 bits per heavy atom. The second-order valence-electron chi connectivity index (χ2n) is 6.03. The Morgan fingerprint density at radius 3 is 2.76 bits per heavy atom. The molecule has 6 nitrogen and oxygen atoms in total. The predicted molar refractivity (Wildman–Crippen MR) is 101 cm³/mol. The first kappa shape index (κ1) is 17.4. The van der Waals surface area contributed by atoms with E-state index in [0.717, 1.165) is 32.3 Å². The van der Waals surface area contributed by atoms with Crippen molar-refractivity contribution in [3.8, 4) is 5.88 Å². The van der Waals surface area contributed by atoms with Crippen LogP contribution in [0.3, 0.4) is 0 Å². The summed E-state index contributed by atoms with van der Waals surface area (Å²) in [5.74, 6) is 0.168. The lowest BCUT2D eigenvalue weighted by atomic mass is 10.2. The zero-order valence-corrected chi connectivity index (χ0v) is 16.1. The first-order valence-corrected chi connectivity index (χ1v) is 8.64. The average molecular weight is 403 g/mol. The van der Waals surface area contributed by atoms with E-state index in [1.54, 1.807) is 4.68 Å². The normalized spacial score (nSPS) is 10.9. The van der Waals surface area contributed by atoms with Gasteiger partial charge in [0.1, 0.15) is 0 Å². The minimum atomic E-state index is -0.249. The molecule has 0 aliphatic heterocycles. The molecule has 25 heavy (non-hydrogen) atoms. The Hall–Kier alpha value is -2.41. The van der Waals surface area contributed by atoms with Gasteiger partial charge in [0.2, 0.25) is 5.88 Å². The number of nitrogens with zero attached hydrogens (tertiary/aromatic N) is 3. The van der Waals surface area contributed by atoms with Gasteiger partial charge in [-0.15, -0.1) is 5.10 Å². The van der Waals surface area contributed by atoms with Crippen molar-refractivity contribution < 1.29 is 9.53 Å². The number of hydrogen-bond acceptors (Lipinski definition) is 4. The molecule has 1 aromatic carbocycles. The summed E-state index contributed by atoms with van der Waals surface area (Å²) in [4.78, 5) is 16.7. The number of pyridine rings is 1. The molecule has 130 valence electrons. The van der Waals surface area contributed by atoms with Crippen molar-refractivity contribution >= 4 is 38.6 Å². The summed E-state index contributed by atoms with van der Waals surface area (Å²) in [5.41, 5.74) is 4.50. The fourth-order valence-corrected chi connectivity index (χ4v) is 3.28. The van der Waals surface area contributed by atoms with Gasteiger partial charge in [0.15, 0.2) is 12.3 Å². The maximum atomic E-state index is 12.2. The SMILES string of the molecule is Cc1ccc(NC(=O)COc2nn(C)c3nc(C)cc(C)c23)c(Br)c1. The van der Waals surface area contributed by atoms with Crippen LogP contribution in [-0.2, 0) is 11.8 Å². The molecule has 1 amide bonds. The molecule has 2 heterocycles. The molecule has 3 rings (SSSR count). The number of aromatic nitrogens is 3. The number of carbonyl (C=O) groups excluding carboxylic acids is 1. The van der Waals surface area contributed by atoms with Gasteiger partial charge in [-0.05, 0) is 66.0 Å². The zero-order valence-electron chi connectivity index (χ0n) is 14.6. The van der Waals surface area contributed by atoms with Gasteiger partial charge < -0.3 is 10.1 Å². The Labute approximate surface area is 154 Å². The van der Waals surface area contributed by atoms with E-state index in [9.17, 15) is 4.79 Å². The van der Waals surface area contributed by atoms with Crippen LogP contribution in [-0.4, -0.2) is 27.3 Å². The lowest BCUT2D eigenvalue weighted by molar-refractivity contribution is -0.118. The van der Waals surface area contributed by atoms with E-state index in [4.69, 9.17) is 4.74 Å². The van der Waals surface area contributed by atoms with Crippen LogP contribution < -0.4 is 10.1 Å². The average Bonchev–Trinajstić information content (AvgIpc) is 2.84. The highest BCUT2D eigenvalue weighted by molar-refractivity contribution is 9.10. The molecular weight excluding hydrogens is 384 g/mol. The summed E-state index contributed by atoms with van der Waals surface area (Å²) in [6.07, 6.45) is 0. The number of nitrogens with one attached hydrogen (secondary N) is 1. The summed E-state index contributed by atoms with van der Waals surface area (Å²) >= 11 is 3.44. The Morgan fingerprint density at radius 1 is 1.28 bits per heavy atom. The van der Waals surface area contributed by atoms with E-state index in [-0.39, 0.29) is 12.5 Å². The maximum absolute atomic E-state index is 12.2. The monoisotopic (exact) mass is 402 g/mol. The van der Waals surface area contributed by atoms with E-state index in [0.29, 0.717) is 11.6 Å². The van der Waals surface area contributed by atoms with Crippen molar-refractivity contribution in [3.05, 3.63) is 45.6 Å². The number of amides is 1. The molecule has 0 atom stereocenters. The van der Waals surface area contributed by atoms with E-state index < -0.39 is 0 Å². The van der Waals surface area contributed by atoms with E-state index >= 15 is 0 Å². The summed E-state index contributed by atoms with van der Waals surface area (Å²) in [6.45, 7) is 5.78. The highest BCUT2D eigenvalue weighted by atomic mass is 79.9. The summed E-state index contributed by atoms with van der Waals surface area (Å²) < 4.78 is 8.16. The van der Waals surface area contributed by atoms with Crippen LogP contribution in [0.1, 0.15) is 16.8 Å². The quantitative estimate of drug-likeness (QED) is 0.722. The Kier molecular flexibility index (Phi) is 4.76. The number of hydrogen-bond donors (Lipinski definition) is 1. The third kappa shape index (κ3) is 3.66. The van der Waals surface area contributed by atoms with E-state index in [2.05, 4.69) is 31.3 Å². The molecule has 0 saturated carbocycles. The van der Waals surface area contributed by atoms with Crippen LogP contribution in [0.4, 0.5) is 5.69 Å². The maximum Gasteiger partial charge on any atom is 0.262 e. The third-order valence-electron chi connectivity index (χ3n) is 3.83. The molecule has 0 fully saturated rings. The van der Waals surface area contributed by atoms with E-state index in [1.807, 2.05) is 52.1 Å². The largest absolute Gasteiger partial charge is 0.466 e. The second kappa shape index (κ2) is 6.84. The van der Waals surface area contributed by atoms with Gasteiger partial charge in [-0.3, -0.25) is 4.79 Å². The van der Waals surface area contributed by atoms with Crippen molar-refractivity contribution in [2.75, 3.05) is 11.9 Å². The number of carbonyl (C=O) groups is 1. The van der Waals surface area contributed by atoms with Crippen molar-refractivity contribution in [1.82, 2.24) is 14.8 Å². The highest BCUT2D eigenvalue weighted by Crippen LogP contribution is 2.27. The first-order chi connectivity index (χ1) is 11.8. The molecule has 0 unspecified atom stereocenters. The topological polar surface area (TPSA) is 69.0 Å². The molecule has 2 aromatic heterocycles. The van der Waals surface area contributed by atoms with Crippen LogP contribution in [0.15, 0.2) is 28.7 Å². The lowest BCUT2D eigenvalue weighted by Crippen LogP contribution is -2.20. The van der Waals surface area contributed by atoms with Gasteiger partial charge in [0.05, 0.1) is 11.1 Å². The molecule has 3 aromatic rings. The molecular formula is C18H19BrN4O2. The number of fused-ring (bicyclic) bond motifs is 1. The summed E-state index contributed by atoms with van der Waals surface area (Å²) in [6, 6.07) is 7.70. The number of rotatable bonds is 4. The fourth-order valence-electron chi connectivity index (χ4n) is 2.69. The Bertz CT molecular complexity index is 965. The van der Waals surface area contributed by atoms with Crippen LogP contribution in [0.5, 0.6) is 5.88 Å². The van der Waals surface area contributed by atoms with Crippen molar-refractivity contribution in [3.63, 3.8) is 0 Å². The van der Waals surface area contributed by atoms with Crippen molar-refractivity contribution in [2.45, 2.75) is 20.8 Å². The second-order valence-corrected chi connectivity index (χ2v) is 6.88. The molecule has 0 aliphatic carbocycles. The number of ether oxygens (including phenoxy) is 1. The highest BCUT2D eigenvalue weighted by Gasteiger charge is 2.16. The van der Waals surface area contributed by atoms with Crippen LogP contribution in [0, 0.1) is 20.8 Å². The van der Waals surface area contributed by atoms with Gasteiger partial charge in [-0.2, -0.15) is 0 Å². The van der Waals surface area contributed by atoms with Crippen LogP contribution >= 0.6 is 15.9 Å². The van der Waals surface area contributed by atoms with Gasteiger partial charge >= 0.3 is 0 Å². The Balaban J connectivity index is 1.75. The zero-order chi connectivity index (χ0) is 18.1. The van der Waals surface area contributed by atoms with E-state index in [1.165, 1.54) is 0 Å². The van der Waals surface area contributed by atoms with Crippen LogP contribution in [0.2, 0.25) is 0 Å². The summed E-state index contributed by atoms with van der Waals surface area (Å²) in [7, 11) is 1.81. The molecule has 0 spiro atoms. The number of halogens is 1. The molecule has 0 bridgehead atoms. The van der Waals surface area contributed by atoms with Gasteiger partial charge in [-0.25, -0.2) is 9.67 Å². The fraction of sp³-hybridized carbons (Fsp3) is 0.278. The van der Waals surface area contributed by atoms with Gasteiger partial charge in [0.25, 0.3) is 5.91 Å². The number of aryl methyl sites for hydroxylation is 4. The minimum absolute atomic E-state index is 0.125. The van der Waals surface area contributed by atoms with Crippen molar-refractivity contribution in [2.24, 2.45) is 7.05 Å². The van der Waals surface area contributed by atoms with Gasteiger partial charge in [-0.1, -0.05) is 6.07 Å². The first-order valence-electron chi connectivity index (χ1n) is 7.85. The minimum Gasteiger partial charge on any atom is -0.466 e.